The molecule has 0 radical (unpaired) electrons. The van der Waals surface area contributed by atoms with Gasteiger partial charge in [-0.3, -0.25) is 4.79 Å². The van der Waals surface area contributed by atoms with E-state index < -0.39 is 0 Å². The standard InChI is InChI=1S/C15H19NO3/c1-18-12-6-3-10(9-13(12)19-2)15(7-8-15)14(17)16-11-4-5-11/h3,6,9,11H,4-5,7-8H2,1-2H3,(H,16,17). The highest BCUT2D eigenvalue weighted by molar-refractivity contribution is 5.91. The Kier molecular flexibility index (Phi) is 2.88. The molecule has 1 aromatic rings. The van der Waals surface area contributed by atoms with E-state index in [9.17, 15) is 4.79 Å². The highest BCUT2D eigenvalue weighted by Gasteiger charge is 2.52. The second kappa shape index (κ2) is 4.44. The highest BCUT2D eigenvalue weighted by atomic mass is 16.5. The zero-order valence-corrected chi connectivity index (χ0v) is 11.4. The van der Waals surface area contributed by atoms with Crippen LogP contribution in [0.3, 0.4) is 0 Å². The molecular formula is C15H19NO3. The number of carbonyl (C=O) groups is 1. The lowest BCUT2D eigenvalue weighted by atomic mass is 9.94. The average molecular weight is 261 g/mol. The predicted molar refractivity (Wildman–Crippen MR) is 71.6 cm³/mol. The van der Waals surface area contributed by atoms with Gasteiger partial charge >= 0.3 is 0 Å². The van der Waals surface area contributed by atoms with E-state index in [1.165, 1.54) is 0 Å². The zero-order chi connectivity index (χ0) is 13.5. The summed E-state index contributed by atoms with van der Waals surface area (Å²) >= 11 is 0. The summed E-state index contributed by atoms with van der Waals surface area (Å²) < 4.78 is 10.6. The van der Waals surface area contributed by atoms with E-state index in [4.69, 9.17) is 9.47 Å². The number of rotatable bonds is 5. The van der Waals surface area contributed by atoms with E-state index in [0.717, 1.165) is 31.2 Å². The average Bonchev–Trinajstić information content (AvgIpc) is 3.31. The fourth-order valence-electron chi connectivity index (χ4n) is 2.46. The molecular weight excluding hydrogens is 242 g/mol. The first-order valence-corrected chi connectivity index (χ1v) is 6.73. The van der Waals surface area contributed by atoms with Crippen LogP contribution in [0.25, 0.3) is 0 Å². The number of benzene rings is 1. The molecule has 1 aromatic carbocycles. The second-order valence-corrected chi connectivity index (χ2v) is 5.40. The van der Waals surface area contributed by atoms with Gasteiger partial charge in [0, 0.05) is 6.04 Å². The minimum absolute atomic E-state index is 0.169. The molecule has 2 aliphatic rings. The van der Waals surface area contributed by atoms with E-state index in [2.05, 4.69) is 5.32 Å². The molecule has 0 unspecified atom stereocenters. The van der Waals surface area contributed by atoms with Gasteiger partial charge < -0.3 is 14.8 Å². The number of methoxy groups -OCH3 is 2. The van der Waals surface area contributed by atoms with Crippen molar-refractivity contribution in [2.45, 2.75) is 37.1 Å². The third-order valence-corrected chi connectivity index (χ3v) is 4.03. The molecule has 0 aliphatic heterocycles. The van der Waals surface area contributed by atoms with Crippen LogP contribution in [0.2, 0.25) is 0 Å². The molecule has 0 saturated heterocycles. The van der Waals surface area contributed by atoms with Gasteiger partial charge in [0.2, 0.25) is 5.91 Å². The Balaban J connectivity index is 1.86. The van der Waals surface area contributed by atoms with Crippen LogP contribution in [0, 0.1) is 0 Å². The summed E-state index contributed by atoms with van der Waals surface area (Å²) in [5.74, 6) is 1.55. The third-order valence-electron chi connectivity index (χ3n) is 4.03. The molecule has 2 aliphatic carbocycles. The number of amides is 1. The predicted octanol–water partition coefficient (Wildman–Crippen LogP) is 2.01. The summed E-state index contributed by atoms with van der Waals surface area (Å²) in [5, 5.41) is 3.11. The Hall–Kier alpha value is -1.71. The van der Waals surface area contributed by atoms with Gasteiger partial charge in [0.05, 0.1) is 19.6 Å². The summed E-state index contributed by atoms with van der Waals surface area (Å²) in [7, 11) is 3.23. The minimum atomic E-state index is -0.331. The Labute approximate surface area is 113 Å². The number of nitrogens with one attached hydrogen (secondary N) is 1. The lowest BCUT2D eigenvalue weighted by Crippen LogP contribution is -2.36. The van der Waals surface area contributed by atoms with Crippen LogP contribution in [-0.4, -0.2) is 26.2 Å². The van der Waals surface area contributed by atoms with Gasteiger partial charge in [0.1, 0.15) is 0 Å². The van der Waals surface area contributed by atoms with Crippen molar-refractivity contribution in [3.63, 3.8) is 0 Å². The lowest BCUT2D eigenvalue weighted by Gasteiger charge is -2.17. The topological polar surface area (TPSA) is 47.6 Å². The largest absolute Gasteiger partial charge is 0.493 e. The normalized spacial score (nSPS) is 19.7. The molecule has 0 atom stereocenters. The number of hydrogen-bond donors (Lipinski definition) is 1. The van der Waals surface area contributed by atoms with Crippen LogP contribution in [0.5, 0.6) is 11.5 Å². The van der Waals surface area contributed by atoms with E-state index in [-0.39, 0.29) is 11.3 Å². The molecule has 102 valence electrons. The molecule has 0 aromatic heterocycles. The number of ether oxygens (including phenoxy) is 2. The fraction of sp³-hybridized carbons (Fsp3) is 0.533. The highest BCUT2D eigenvalue weighted by Crippen LogP contribution is 2.50. The maximum Gasteiger partial charge on any atom is 0.230 e. The van der Waals surface area contributed by atoms with Crippen molar-refractivity contribution < 1.29 is 14.3 Å². The molecule has 0 heterocycles. The smallest absolute Gasteiger partial charge is 0.230 e. The van der Waals surface area contributed by atoms with Crippen LogP contribution in [0.15, 0.2) is 18.2 Å². The first-order valence-electron chi connectivity index (χ1n) is 6.73. The maximum atomic E-state index is 12.3. The van der Waals surface area contributed by atoms with Crippen molar-refractivity contribution in [1.29, 1.82) is 0 Å². The summed E-state index contributed by atoms with van der Waals surface area (Å²) in [6.45, 7) is 0. The molecule has 0 spiro atoms. The first kappa shape index (κ1) is 12.3. The Morgan fingerprint density at radius 3 is 2.42 bits per heavy atom. The third kappa shape index (κ3) is 2.15. The van der Waals surface area contributed by atoms with Crippen molar-refractivity contribution >= 4 is 5.91 Å². The van der Waals surface area contributed by atoms with Gasteiger partial charge in [-0.2, -0.15) is 0 Å². The number of carbonyl (C=O) groups excluding carboxylic acids is 1. The molecule has 1 N–H and O–H groups in total. The van der Waals surface area contributed by atoms with E-state index in [1.54, 1.807) is 14.2 Å². The van der Waals surface area contributed by atoms with Gasteiger partial charge in [-0.25, -0.2) is 0 Å². The van der Waals surface area contributed by atoms with Gasteiger partial charge in [-0.1, -0.05) is 6.07 Å². The first-order chi connectivity index (χ1) is 9.19. The number of hydrogen-bond acceptors (Lipinski definition) is 3. The van der Waals surface area contributed by atoms with Crippen LogP contribution < -0.4 is 14.8 Å². The Morgan fingerprint density at radius 1 is 1.21 bits per heavy atom. The molecule has 4 nitrogen and oxygen atoms in total. The molecule has 1 amide bonds. The van der Waals surface area contributed by atoms with Gasteiger partial charge in [0.25, 0.3) is 0 Å². The van der Waals surface area contributed by atoms with Gasteiger partial charge in [0.15, 0.2) is 11.5 Å². The fourth-order valence-corrected chi connectivity index (χ4v) is 2.46. The molecule has 3 rings (SSSR count). The van der Waals surface area contributed by atoms with Gasteiger partial charge in [-0.15, -0.1) is 0 Å². The quantitative estimate of drug-likeness (QED) is 0.882. The van der Waals surface area contributed by atoms with E-state index >= 15 is 0 Å². The monoisotopic (exact) mass is 261 g/mol. The van der Waals surface area contributed by atoms with E-state index in [0.29, 0.717) is 17.5 Å². The molecule has 4 heteroatoms. The van der Waals surface area contributed by atoms with Crippen LogP contribution >= 0.6 is 0 Å². The lowest BCUT2D eigenvalue weighted by molar-refractivity contribution is -0.123. The summed E-state index contributed by atoms with van der Waals surface area (Å²) in [5.41, 5.74) is 0.700. The van der Waals surface area contributed by atoms with Crippen molar-refractivity contribution in [2.75, 3.05) is 14.2 Å². The zero-order valence-electron chi connectivity index (χ0n) is 11.4. The Bertz CT molecular complexity index is 504. The SMILES string of the molecule is COc1ccc(C2(C(=O)NC3CC3)CC2)cc1OC. The van der Waals surface area contributed by atoms with Crippen LogP contribution in [0.4, 0.5) is 0 Å². The van der Waals surface area contributed by atoms with Crippen molar-refractivity contribution in [1.82, 2.24) is 5.32 Å². The molecule has 19 heavy (non-hydrogen) atoms. The van der Waals surface area contributed by atoms with Crippen molar-refractivity contribution in [2.24, 2.45) is 0 Å². The molecule has 0 bridgehead atoms. The van der Waals surface area contributed by atoms with Crippen LogP contribution in [-0.2, 0) is 10.2 Å². The van der Waals surface area contributed by atoms with Crippen molar-refractivity contribution in [3.8, 4) is 11.5 Å². The molecule has 2 saturated carbocycles. The maximum absolute atomic E-state index is 12.3. The molecule has 2 fully saturated rings. The second-order valence-electron chi connectivity index (χ2n) is 5.40. The van der Waals surface area contributed by atoms with Gasteiger partial charge in [-0.05, 0) is 43.4 Å². The van der Waals surface area contributed by atoms with Crippen molar-refractivity contribution in [3.05, 3.63) is 23.8 Å². The summed E-state index contributed by atoms with van der Waals surface area (Å²) in [6, 6.07) is 6.18. The minimum Gasteiger partial charge on any atom is -0.493 e. The van der Waals surface area contributed by atoms with E-state index in [1.807, 2.05) is 18.2 Å². The Morgan fingerprint density at radius 2 is 1.89 bits per heavy atom. The van der Waals surface area contributed by atoms with Crippen LogP contribution in [0.1, 0.15) is 31.2 Å². The summed E-state index contributed by atoms with van der Waals surface area (Å²) in [6.07, 6.45) is 4.07. The summed E-state index contributed by atoms with van der Waals surface area (Å²) in [4.78, 5) is 12.3.